The summed E-state index contributed by atoms with van der Waals surface area (Å²) in [6, 6.07) is 0. The smallest absolute Gasteiger partial charge is 0.218 e. The van der Waals surface area contributed by atoms with Crippen LogP contribution >= 0.6 is 34.2 Å². The lowest BCUT2D eigenvalue weighted by molar-refractivity contribution is -0.109. The minimum Gasteiger partial charge on any atom is -0.282 e. The van der Waals surface area contributed by atoms with Gasteiger partial charge in [-0.3, -0.25) is 4.79 Å². The quantitative estimate of drug-likeness (QED) is 0.346. The lowest BCUT2D eigenvalue weighted by Gasteiger charge is -1.52. The van der Waals surface area contributed by atoms with Crippen LogP contribution in [-0.4, -0.2) is 10.2 Å². The van der Waals surface area contributed by atoms with E-state index >= 15 is 0 Å². The van der Waals surface area contributed by atoms with Gasteiger partial charge in [0.25, 0.3) is 0 Å². The number of rotatable bonds is 0. The van der Waals surface area contributed by atoms with Crippen LogP contribution in [0.15, 0.2) is 0 Å². The fourth-order valence-electron chi connectivity index (χ4n) is 0. The van der Waals surface area contributed by atoms with Gasteiger partial charge >= 0.3 is 0 Å². The van der Waals surface area contributed by atoms with Crippen LogP contribution in [0.25, 0.3) is 0 Å². The number of hydrogen-bond donors (Lipinski definition) is 0. The summed E-state index contributed by atoms with van der Waals surface area (Å²) in [5.41, 5.74) is 0. The van der Waals surface area contributed by atoms with Crippen molar-refractivity contribution in [3.63, 3.8) is 0 Å². The first kappa shape index (κ1) is 9.85. The van der Waals surface area contributed by atoms with Gasteiger partial charge in [-0.25, -0.2) is 0 Å². The molecule has 0 spiro atoms. The minimum absolute atomic E-state index is 0.361. The van der Waals surface area contributed by atoms with Crippen LogP contribution < -0.4 is 0 Å². The highest BCUT2D eigenvalue weighted by Gasteiger charge is 1.67. The van der Waals surface area contributed by atoms with Gasteiger partial charge in [0.05, 0.1) is 0 Å². The summed E-state index contributed by atoms with van der Waals surface area (Å²) in [5, 5.41) is -0.361. The summed E-state index contributed by atoms with van der Waals surface area (Å²) in [4.78, 5) is 11.2. The highest BCUT2D eigenvalue weighted by molar-refractivity contribution is 14.1. The molecular weight excluding hydrogens is 214 g/mol. The van der Waals surface area contributed by atoms with E-state index in [1.807, 2.05) is 4.93 Å². The van der Waals surface area contributed by atoms with Crippen LogP contribution in [0.4, 0.5) is 0 Å². The Morgan fingerprint density at radius 3 is 1.67 bits per heavy atom. The Kier molecular flexibility index (Phi) is 15.1. The van der Waals surface area contributed by atoms with E-state index in [4.69, 9.17) is 0 Å². The summed E-state index contributed by atoms with van der Waals surface area (Å²) in [6.07, 6.45) is 0. The Morgan fingerprint density at radius 2 is 1.67 bits per heavy atom. The first-order valence-corrected chi connectivity index (χ1v) is 3.81. The molecule has 0 atom stereocenters. The average molecular weight is 220 g/mol. The van der Waals surface area contributed by atoms with Gasteiger partial charge in [-0.1, -0.05) is 22.6 Å². The summed E-state index contributed by atoms with van der Waals surface area (Å²) in [5.74, 6) is 0. The van der Waals surface area contributed by atoms with Crippen molar-refractivity contribution in [1.82, 2.24) is 0 Å². The molecule has 0 rings (SSSR count). The summed E-state index contributed by atoms with van der Waals surface area (Å²) < 4.78 is 0. The fourth-order valence-corrected chi connectivity index (χ4v) is 0. The van der Waals surface area contributed by atoms with Crippen LogP contribution in [0.2, 0.25) is 0 Å². The molecule has 38 valence electrons. The van der Waals surface area contributed by atoms with Crippen molar-refractivity contribution >= 4 is 39.4 Å². The molecular formula is C3H6ClIO. The highest BCUT2D eigenvalue weighted by atomic mass is 127. The molecule has 0 aliphatic heterocycles. The molecule has 0 saturated heterocycles. The lowest BCUT2D eigenvalue weighted by Crippen LogP contribution is -1.62. The van der Waals surface area contributed by atoms with Gasteiger partial charge < -0.3 is 0 Å². The molecule has 0 aromatic rings. The molecule has 0 saturated carbocycles. The molecule has 0 aliphatic rings. The van der Waals surface area contributed by atoms with Crippen molar-refractivity contribution in [2.45, 2.75) is 6.92 Å². The van der Waals surface area contributed by atoms with E-state index in [1.165, 1.54) is 6.92 Å². The van der Waals surface area contributed by atoms with E-state index in [-0.39, 0.29) is 5.24 Å². The largest absolute Gasteiger partial charge is 0.282 e. The van der Waals surface area contributed by atoms with E-state index in [0.29, 0.717) is 0 Å². The monoisotopic (exact) mass is 220 g/mol. The third kappa shape index (κ3) is 134. The highest BCUT2D eigenvalue weighted by Crippen LogP contribution is 1.67. The maximum Gasteiger partial charge on any atom is 0.218 e. The molecule has 0 amide bonds. The molecule has 0 fully saturated rings. The van der Waals surface area contributed by atoms with E-state index in [9.17, 15) is 4.79 Å². The number of hydrogen-bond acceptors (Lipinski definition) is 1. The average Bonchev–Trinajstić information content (AvgIpc) is 1.41. The molecule has 0 aromatic heterocycles. The zero-order valence-corrected chi connectivity index (χ0v) is 6.58. The van der Waals surface area contributed by atoms with Gasteiger partial charge in [0.15, 0.2) is 0 Å². The Hall–Kier alpha value is 0.690. The molecule has 6 heavy (non-hydrogen) atoms. The molecule has 0 N–H and O–H groups in total. The van der Waals surface area contributed by atoms with Crippen molar-refractivity contribution < 1.29 is 4.79 Å². The second-order valence-corrected chi connectivity index (χ2v) is 1.00. The number of carbonyl (C=O) groups is 1. The van der Waals surface area contributed by atoms with E-state index < -0.39 is 0 Å². The predicted octanol–water partition coefficient (Wildman–Crippen LogP) is 1.82. The molecule has 1 nitrogen and oxygen atoms in total. The molecule has 0 unspecified atom stereocenters. The third-order valence-corrected chi connectivity index (χ3v) is 0. The van der Waals surface area contributed by atoms with E-state index in [0.717, 1.165) is 0 Å². The summed E-state index contributed by atoms with van der Waals surface area (Å²) in [6.45, 7) is 1.29. The van der Waals surface area contributed by atoms with Gasteiger partial charge in [0, 0.05) is 6.92 Å². The third-order valence-electron chi connectivity index (χ3n) is 0. The van der Waals surface area contributed by atoms with Crippen LogP contribution in [0.1, 0.15) is 6.92 Å². The Balaban J connectivity index is 0. The molecule has 0 heterocycles. The molecule has 0 aliphatic carbocycles. The Labute approximate surface area is 56.2 Å². The van der Waals surface area contributed by atoms with Gasteiger partial charge in [-0.15, -0.1) is 0 Å². The second kappa shape index (κ2) is 9.19. The van der Waals surface area contributed by atoms with Crippen molar-refractivity contribution in [1.29, 1.82) is 0 Å². The van der Waals surface area contributed by atoms with Crippen LogP contribution in [0.5, 0.6) is 0 Å². The van der Waals surface area contributed by atoms with E-state index in [2.05, 4.69) is 34.2 Å². The van der Waals surface area contributed by atoms with Crippen LogP contribution in [-0.2, 0) is 4.79 Å². The zero-order valence-electron chi connectivity index (χ0n) is 3.66. The maximum atomic E-state index is 9.21. The fraction of sp³-hybridized carbons (Fsp3) is 0.667. The first-order valence-electron chi connectivity index (χ1n) is 1.27. The standard InChI is InChI=1S/C2H3ClO.CH3I/c1-2(3)4;1-2/h1H3;1H3. The number of halogens is 2. The Morgan fingerprint density at radius 1 is 1.67 bits per heavy atom. The maximum absolute atomic E-state index is 9.21. The minimum atomic E-state index is -0.361. The van der Waals surface area contributed by atoms with Crippen molar-refractivity contribution in [2.75, 3.05) is 4.93 Å². The van der Waals surface area contributed by atoms with Gasteiger partial charge in [-0.05, 0) is 16.5 Å². The van der Waals surface area contributed by atoms with Crippen molar-refractivity contribution in [3.05, 3.63) is 0 Å². The molecule has 0 radical (unpaired) electrons. The first-order chi connectivity index (χ1) is 2.73. The number of carbonyl (C=O) groups excluding carboxylic acids is 1. The zero-order chi connectivity index (χ0) is 5.58. The summed E-state index contributed by atoms with van der Waals surface area (Å²) in [7, 11) is 0. The summed E-state index contributed by atoms with van der Waals surface area (Å²) >= 11 is 6.79. The molecule has 3 heteroatoms. The van der Waals surface area contributed by atoms with Crippen LogP contribution in [0.3, 0.4) is 0 Å². The normalized spacial score (nSPS) is 5.33. The van der Waals surface area contributed by atoms with Gasteiger partial charge in [0.1, 0.15) is 0 Å². The van der Waals surface area contributed by atoms with Crippen LogP contribution in [0, 0.1) is 0 Å². The number of alkyl halides is 1. The van der Waals surface area contributed by atoms with Crippen molar-refractivity contribution in [2.24, 2.45) is 0 Å². The molecule has 0 bridgehead atoms. The topological polar surface area (TPSA) is 17.1 Å². The second-order valence-electron chi connectivity index (χ2n) is 0.470. The van der Waals surface area contributed by atoms with Gasteiger partial charge in [-0.2, -0.15) is 0 Å². The lowest BCUT2D eigenvalue weighted by atomic mass is 10.9. The van der Waals surface area contributed by atoms with E-state index in [1.54, 1.807) is 0 Å². The van der Waals surface area contributed by atoms with Gasteiger partial charge in [0.2, 0.25) is 5.24 Å². The predicted molar refractivity (Wildman–Crippen MR) is 36.5 cm³/mol. The molecule has 0 aromatic carbocycles. The SMILES string of the molecule is CC(=O)Cl.CI. The Bertz CT molecular complexity index is 33.8. The van der Waals surface area contributed by atoms with Crippen molar-refractivity contribution in [3.8, 4) is 0 Å².